The maximum atomic E-state index is 5.42. The van der Waals surface area contributed by atoms with Crippen LogP contribution in [0.25, 0.3) is 132 Å². The number of benzene rings is 11. The molecule has 0 radical (unpaired) electrons. The zero-order valence-electron chi connectivity index (χ0n) is 35.7. The third kappa shape index (κ3) is 6.55. The van der Waals surface area contributed by atoms with Gasteiger partial charge < -0.3 is 0 Å². The van der Waals surface area contributed by atoms with Crippen LogP contribution in [-0.4, -0.2) is 19.9 Å². The van der Waals surface area contributed by atoms with Gasteiger partial charge >= 0.3 is 0 Å². The first kappa shape index (κ1) is 37.7. The molecule has 0 aliphatic rings. The van der Waals surface area contributed by atoms with Crippen LogP contribution in [0, 0.1) is 0 Å². The van der Waals surface area contributed by atoms with Gasteiger partial charge in [0, 0.05) is 29.1 Å². The number of hydrogen-bond donors (Lipinski definition) is 0. The summed E-state index contributed by atoms with van der Waals surface area (Å²) in [7, 11) is 0. The lowest BCUT2D eigenvalue weighted by Crippen LogP contribution is -2.01. The van der Waals surface area contributed by atoms with Crippen LogP contribution in [0.5, 0.6) is 0 Å². The van der Waals surface area contributed by atoms with Crippen molar-refractivity contribution >= 4 is 64.6 Å². The first-order chi connectivity index (χ1) is 32.7. The Bertz CT molecular complexity index is 3800. The molecule has 0 saturated carbocycles. The molecule has 0 aliphatic heterocycles. The summed E-state index contributed by atoms with van der Waals surface area (Å²) in [5, 5.41) is 14.2. The standard InChI is InChI=1S/C62H38N4/c1-2-13-42-31-50-34-48(28-27-43(50)30-41(42)12-1)61-64-60(40-25-23-39(24-26-40)49-18-11-29-63-38-49)65-62(66-61)53-36-51(58-54-19-7-3-14-44(54)32-45-15-4-8-20-55(45)58)35-52(37-53)59-56-21-9-5-16-46(56)33-47-17-6-10-22-57(47)59/h1-38H. The van der Waals surface area contributed by atoms with Crippen molar-refractivity contribution in [2.75, 3.05) is 0 Å². The zero-order chi connectivity index (χ0) is 43.6. The highest BCUT2D eigenvalue weighted by molar-refractivity contribution is 6.16. The zero-order valence-corrected chi connectivity index (χ0v) is 35.7. The van der Waals surface area contributed by atoms with Gasteiger partial charge in [-0.05, 0) is 153 Å². The van der Waals surface area contributed by atoms with Gasteiger partial charge in [-0.1, -0.05) is 164 Å². The second-order valence-electron chi connectivity index (χ2n) is 17.1. The van der Waals surface area contributed by atoms with Crippen molar-refractivity contribution in [2.45, 2.75) is 0 Å². The first-order valence-corrected chi connectivity index (χ1v) is 22.3. The molecular weight excluding hydrogens is 801 g/mol. The molecule has 11 aromatic carbocycles. The van der Waals surface area contributed by atoms with E-state index in [2.05, 4.69) is 217 Å². The Hall–Kier alpha value is -8.86. The maximum absolute atomic E-state index is 5.42. The second kappa shape index (κ2) is 15.4. The second-order valence-corrected chi connectivity index (χ2v) is 17.1. The van der Waals surface area contributed by atoms with E-state index in [-0.39, 0.29) is 0 Å². The van der Waals surface area contributed by atoms with Gasteiger partial charge in [0.05, 0.1) is 0 Å². The lowest BCUT2D eigenvalue weighted by Gasteiger charge is -2.18. The Morgan fingerprint density at radius 3 is 1.14 bits per heavy atom. The van der Waals surface area contributed by atoms with Crippen LogP contribution in [-0.2, 0) is 0 Å². The van der Waals surface area contributed by atoms with Crippen molar-refractivity contribution in [3.63, 3.8) is 0 Å². The van der Waals surface area contributed by atoms with Crippen molar-refractivity contribution in [3.8, 4) is 67.5 Å². The molecule has 0 saturated heterocycles. The summed E-state index contributed by atoms with van der Waals surface area (Å²) in [6.07, 6.45) is 3.69. The normalized spacial score (nSPS) is 11.6. The van der Waals surface area contributed by atoms with Crippen molar-refractivity contribution in [1.82, 2.24) is 19.9 Å². The van der Waals surface area contributed by atoms with Crippen LogP contribution in [0.15, 0.2) is 231 Å². The van der Waals surface area contributed by atoms with E-state index in [9.17, 15) is 0 Å². The van der Waals surface area contributed by atoms with Crippen LogP contribution in [0.2, 0.25) is 0 Å². The molecule has 0 atom stereocenters. The van der Waals surface area contributed by atoms with E-state index in [0.29, 0.717) is 17.5 Å². The fraction of sp³-hybridized carbons (Fsp3) is 0. The Labute approximate surface area is 381 Å². The maximum Gasteiger partial charge on any atom is 0.164 e. The summed E-state index contributed by atoms with van der Waals surface area (Å²) < 4.78 is 0. The van der Waals surface area contributed by atoms with Gasteiger partial charge in [-0.25, -0.2) is 15.0 Å². The molecular formula is C62H38N4. The fourth-order valence-electron chi connectivity index (χ4n) is 9.88. The molecule has 2 aromatic heterocycles. The molecule has 4 heteroatoms. The van der Waals surface area contributed by atoms with Crippen LogP contribution < -0.4 is 0 Å². The molecule has 66 heavy (non-hydrogen) atoms. The molecule has 0 aliphatic carbocycles. The third-order valence-corrected chi connectivity index (χ3v) is 13.0. The predicted octanol–water partition coefficient (Wildman–Crippen LogP) is 16.2. The summed E-state index contributed by atoms with van der Waals surface area (Å²) >= 11 is 0. The summed E-state index contributed by atoms with van der Waals surface area (Å²) in [5.74, 6) is 1.81. The Morgan fingerprint density at radius 1 is 0.227 bits per heavy atom. The summed E-state index contributed by atoms with van der Waals surface area (Å²) in [6, 6.07) is 78.4. The largest absolute Gasteiger partial charge is 0.264 e. The fourth-order valence-corrected chi connectivity index (χ4v) is 9.88. The number of pyridine rings is 1. The molecule has 13 aromatic rings. The van der Waals surface area contributed by atoms with Crippen molar-refractivity contribution in [3.05, 3.63) is 231 Å². The van der Waals surface area contributed by atoms with E-state index < -0.39 is 0 Å². The highest BCUT2D eigenvalue weighted by Crippen LogP contribution is 2.44. The first-order valence-electron chi connectivity index (χ1n) is 22.3. The SMILES string of the molecule is c1cncc(-c2ccc(-c3nc(-c4cc(-c5c6ccccc6cc6ccccc56)cc(-c5c6ccccc6cc6ccccc56)c4)nc(-c4ccc5cc6ccccc6cc5c4)n3)cc2)c1. The molecule has 0 bridgehead atoms. The van der Waals surface area contributed by atoms with E-state index in [1.165, 1.54) is 70.4 Å². The molecule has 0 fully saturated rings. The van der Waals surface area contributed by atoms with Crippen molar-refractivity contribution in [2.24, 2.45) is 0 Å². The number of rotatable bonds is 6. The lowest BCUT2D eigenvalue weighted by molar-refractivity contribution is 1.07. The molecule has 306 valence electrons. The van der Waals surface area contributed by atoms with E-state index in [1.54, 1.807) is 6.20 Å². The van der Waals surface area contributed by atoms with Crippen LogP contribution in [0.3, 0.4) is 0 Å². The van der Waals surface area contributed by atoms with E-state index >= 15 is 0 Å². The van der Waals surface area contributed by atoms with Crippen molar-refractivity contribution < 1.29 is 0 Å². The lowest BCUT2D eigenvalue weighted by atomic mass is 9.87. The smallest absolute Gasteiger partial charge is 0.164 e. The molecule has 2 heterocycles. The quantitative estimate of drug-likeness (QED) is 0.157. The molecule has 0 amide bonds. The number of nitrogens with zero attached hydrogens (tertiary/aromatic N) is 4. The topological polar surface area (TPSA) is 51.6 Å². The highest BCUT2D eigenvalue weighted by atomic mass is 15.0. The average Bonchev–Trinajstić information content (AvgIpc) is 3.38. The van der Waals surface area contributed by atoms with Gasteiger partial charge in [-0.15, -0.1) is 0 Å². The van der Waals surface area contributed by atoms with Crippen molar-refractivity contribution in [1.29, 1.82) is 0 Å². The molecule has 0 unspecified atom stereocenters. The van der Waals surface area contributed by atoms with Gasteiger partial charge in [-0.3, -0.25) is 4.98 Å². The minimum absolute atomic E-state index is 0.599. The van der Waals surface area contributed by atoms with Gasteiger partial charge in [-0.2, -0.15) is 0 Å². The number of fused-ring (bicyclic) bond motifs is 6. The molecule has 4 nitrogen and oxygen atoms in total. The third-order valence-electron chi connectivity index (χ3n) is 13.0. The average molecular weight is 839 g/mol. The Kier molecular flexibility index (Phi) is 8.81. The summed E-state index contributed by atoms with van der Waals surface area (Å²) in [5.41, 5.74) is 9.39. The summed E-state index contributed by atoms with van der Waals surface area (Å²) in [6.45, 7) is 0. The molecule has 0 spiro atoms. The predicted molar refractivity (Wildman–Crippen MR) is 275 cm³/mol. The monoisotopic (exact) mass is 838 g/mol. The van der Waals surface area contributed by atoms with E-state index in [4.69, 9.17) is 15.0 Å². The highest BCUT2D eigenvalue weighted by Gasteiger charge is 2.20. The molecule has 0 N–H and O–H groups in total. The van der Waals surface area contributed by atoms with Gasteiger partial charge in [0.2, 0.25) is 0 Å². The Morgan fingerprint density at radius 2 is 0.621 bits per heavy atom. The van der Waals surface area contributed by atoms with Gasteiger partial charge in [0.1, 0.15) is 0 Å². The van der Waals surface area contributed by atoms with Gasteiger partial charge in [0.25, 0.3) is 0 Å². The van der Waals surface area contributed by atoms with Crippen LogP contribution in [0.1, 0.15) is 0 Å². The molecule has 13 rings (SSSR count). The number of hydrogen-bond acceptors (Lipinski definition) is 4. The summed E-state index contributed by atoms with van der Waals surface area (Å²) in [4.78, 5) is 20.4. The van der Waals surface area contributed by atoms with Gasteiger partial charge in [0.15, 0.2) is 17.5 Å². The van der Waals surface area contributed by atoms with E-state index in [0.717, 1.165) is 44.3 Å². The minimum atomic E-state index is 0.599. The van der Waals surface area contributed by atoms with E-state index in [1.807, 2.05) is 12.3 Å². The minimum Gasteiger partial charge on any atom is -0.264 e. The van der Waals surface area contributed by atoms with Crippen LogP contribution >= 0.6 is 0 Å². The van der Waals surface area contributed by atoms with Crippen LogP contribution in [0.4, 0.5) is 0 Å². The number of aromatic nitrogens is 4. The Balaban J connectivity index is 1.09.